The second-order valence-electron chi connectivity index (χ2n) is 8.42. The van der Waals surface area contributed by atoms with E-state index in [4.69, 9.17) is 0 Å². The van der Waals surface area contributed by atoms with Gasteiger partial charge >= 0.3 is 0 Å². The summed E-state index contributed by atoms with van der Waals surface area (Å²) in [6.07, 6.45) is 0. The van der Waals surface area contributed by atoms with Gasteiger partial charge < -0.3 is 4.57 Å². The zero-order chi connectivity index (χ0) is 19.8. The van der Waals surface area contributed by atoms with Crippen LogP contribution in [-0.2, 0) is 5.41 Å². The molecule has 0 radical (unpaired) electrons. The highest BCUT2D eigenvalue weighted by atomic mass is 79.9. The lowest BCUT2D eigenvalue weighted by molar-refractivity contribution is 0.660. The predicted molar refractivity (Wildman–Crippen MR) is 126 cm³/mol. The Morgan fingerprint density at radius 2 is 1.38 bits per heavy atom. The molecule has 1 nitrogen and oxygen atoms in total. The zero-order valence-electron chi connectivity index (χ0n) is 16.4. The Hall–Kier alpha value is -2.84. The van der Waals surface area contributed by atoms with Crippen LogP contribution < -0.4 is 0 Å². The molecule has 0 saturated heterocycles. The quantitative estimate of drug-likeness (QED) is 0.251. The van der Waals surface area contributed by atoms with Gasteiger partial charge in [0.15, 0.2) is 0 Å². The summed E-state index contributed by atoms with van der Waals surface area (Å²) < 4.78 is 3.54. The van der Waals surface area contributed by atoms with Crippen molar-refractivity contribution in [3.8, 4) is 16.8 Å². The molecular formula is C27H20BrN. The first-order valence-electron chi connectivity index (χ1n) is 9.99. The minimum Gasteiger partial charge on any atom is -0.309 e. The molecule has 0 amide bonds. The molecule has 0 bridgehead atoms. The lowest BCUT2D eigenvalue weighted by Gasteiger charge is -2.22. The SMILES string of the molecule is CC1(C)c2cc(Br)ccc2-c2cc3c4ccccc4n(-c4ccccc4)c3cc21. The maximum absolute atomic E-state index is 3.67. The summed E-state index contributed by atoms with van der Waals surface area (Å²) in [6.45, 7) is 4.68. The van der Waals surface area contributed by atoms with Crippen molar-refractivity contribution in [1.82, 2.24) is 4.57 Å². The van der Waals surface area contributed by atoms with E-state index >= 15 is 0 Å². The van der Waals surface area contributed by atoms with Crippen LogP contribution >= 0.6 is 15.9 Å². The van der Waals surface area contributed by atoms with Gasteiger partial charge in [-0.05, 0) is 64.7 Å². The Labute approximate surface area is 178 Å². The summed E-state index contributed by atoms with van der Waals surface area (Å²) >= 11 is 3.67. The molecule has 1 aromatic heterocycles. The van der Waals surface area contributed by atoms with E-state index < -0.39 is 0 Å². The lowest BCUT2D eigenvalue weighted by Crippen LogP contribution is -2.15. The monoisotopic (exact) mass is 437 g/mol. The first-order valence-corrected chi connectivity index (χ1v) is 10.8. The number of hydrogen-bond donors (Lipinski definition) is 0. The molecule has 0 saturated carbocycles. The summed E-state index contributed by atoms with van der Waals surface area (Å²) in [4.78, 5) is 0. The molecule has 140 valence electrons. The topological polar surface area (TPSA) is 4.93 Å². The Morgan fingerprint density at radius 1 is 0.655 bits per heavy atom. The van der Waals surface area contributed by atoms with Crippen molar-refractivity contribution < 1.29 is 0 Å². The van der Waals surface area contributed by atoms with Gasteiger partial charge in [0.1, 0.15) is 0 Å². The Morgan fingerprint density at radius 3 is 2.21 bits per heavy atom. The standard InChI is InChI=1S/C27H20BrN/c1-27(2)23-14-17(28)12-13-19(23)21-15-22-20-10-6-7-11-25(20)29(26(22)16-24(21)27)18-8-4-3-5-9-18/h3-16H,1-2H3. The predicted octanol–water partition coefficient (Wildman–Crippen LogP) is 7.85. The average Bonchev–Trinajstić information content (AvgIpc) is 3.17. The van der Waals surface area contributed by atoms with E-state index in [2.05, 4.69) is 119 Å². The summed E-state index contributed by atoms with van der Waals surface area (Å²) in [5.41, 5.74) is 9.22. The van der Waals surface area contributed by atoms with Crippen molar-refractivity contribution in [2.45, 2.75) is 19.3 Å². The number of halogens is 1. The molecule has 0 atom stereocenters. The van der Waals surface area contributed by atoms with Crippen LogP contribution in [0.2, 0.25) is 0 Å². The minimum absolute atomic E-state index is 0.0272. The molecule has 5 aromatic rings. The van der Waals surface area contributed by atoms with Gasteiger partial charge in [-0.2, -0.15) is 0 Å². The molecule has 0 unspecified atom stereocenters. The maximum Gasteiger partial charge on any atom is 0.0544 e. The molecule has 4 aromatic carbocycles. The number of nitrogens with zero attached hydrogens (tertiary/aromatic N) is 1. The summed E-state index contributed by atoms with van der Waals surface area (Å²) in [5.74, 6) is 0. The molecule has 0 N–H and O–H groups in total. The second-order valence-corrected chi connectivity index (χ2v) is 9.33. The van der Waals surface area contributed by atoms with E-state index in [1.807, 2.05) is 0 Å². The molecule has 2 heteroatoms. The van der Waals surface area contributed by atoms with E-state index in [1.54, 1.807) is 0 Å². The van der Waals surface area contributed by atoms with Crippen molar-refractivity contribution in [3.05, 3.63) is 101 Å². The minimum atomic E-state index is -0.0272. The van der Waals surface area contributed by atoms with Crippen LogP contribution in [0.25, 0.3) is 38.6 Å². The zero-order valence-corrected chi connectivity index (χ0v) is 18.0. The van der Waals surface area contributed by atoms with E-state index in [1.165, 1.54) is 49.7 Å². The van der Waals surface area contributed by atoms with Gasteiger partial charge in [-0.25, -0.2) is 0 Å². The van der Waals surface area contributed by atoms with Crippen LogP contribution in [0.4, 0.5) is 0 Å². The smallest absolute Gasteiger partial charge is 0.0544 e. The van der Waals surface area contributed by atoms with Crippen molar-refractivity contribution in [1.29, 1.82) is 0 Å². The van der Waals surface area contributed by atoms with Gasteiger partial charge in [-0.1, -0.05) is 72.2 Å². The normalized spacial score (nSPS) is 14.3. The number of fused-ring (bicyclic) bond motifs is 6. The fraction of sp³-hybridized carbons (Fsp3) is 0.111. The Balaban J connectivity index is 1.77. The molecule has 0 fully saturated rings. The van der Waals surface area contributed by atoms with Crippen molar-refractivity contribution in [2.24, 2.45) is 0 Å². The number of rotatable bonds is 1. The van der Waals surface area contributed by atoms with Crippen LogP contribution in [0.3, 0.4) is 0 Å². The van der Waals surface area contributed by atoms with Gasteiger partial charge in [0.25, 0.3) is 0 Å². The number of para-hydroxylation sites is 2. The van der Waals surface area contributed by atoms with Crippen LogP contribution in [0, 0.1) is 0 Å². The fourth-order valence-electron chi connectivity index (χ4n) is 5.02. The molecule has 1 aliphatic carbocycles. The van der Waals surface area contributed by atoms with Gasteiger partial charge in [-0.3, -0.25) is 0 Å². The molecule has 29 heavy (non-hydrogen) atoms. The molecule has 0 aliphatic heterocycles. The van der Waals surface area contributed by atoms with E-state index in [9.17, 15) is 0 Å². The van der Waals surface area contributed by atoms with Gasteiger partial charge in [0.05, 0.1) is 11.0 Å². The van der Waals surface area contributed by atoms with Gasteiger partial charge in [-0.15, -0.1) is 0 Å². The van der Waals surface area contributed by atoms with Crippen LogP contribution in [0.5, 0.6) is 0 Å². The third-order valence-corrected chi connectivity index (χ3v) is 6.94. The van der Waals surface area contributed by atoms with Gasteiger partial charge in [0, 0.05) is 26.3 Å². The van der Waals surface area contributed by atoms with Gasteiger partial charge in [0.2, 0.25) is 0 Å². The molecule has 1 heterocycles. The van der Waals surface area contributed by atoms with E-state index in [0.29, 0.717) is 0 Å². The summed E-state index contributed by atoms with van der Waals surface area (Å²) in [6, 6.07) is 30.9. The molecule has 1 aliphatic rings. The fourth-order valence-corrected chi connectivity index (χ4v) is 5.38. The highest BCUT2D eigenvalue weighted by molar-refractivity contribution is 9.10. The largest absolute Gasteiger partial charge is 0.309 e. The van der Waals surface area contributed by atoms with Crippen LogP contribution in [0.1, 0.15) is 25.0 Å². The third-order valence-electron chi connectivity index (χ3n) is 6.44. The average molecular weight is 438 g/mol. The van der Waals surface area contributed by atoms with Crippen LogP contribution in [-0.4, -0.2) is 4.57 Å². The Bertz CT molecular complexity index is 1420. The maximum atomic E-state index is 3.67. The Kier molecular flexibility index (Phi) is 3.43. The summed E-state index contributed by atoms with van der Waals surface area (Å²) in [5, 5.41) is 2.62. The number of hydrogen-bond acceptors (Lipinski definition) is 0. The number of aromatic nitrogens is 1. The molecule has 0 spiro atoms. The van der Waals surface area contributed by atoms with Crippen molar-refractivity contribution in [2.75, 3.05) is 0 Å². The van der Waals surface area contributed by atoms with E-state index in [-0.39, 0.29) is 5.41 Å². The van der Waals surface area contributed by atoms with Crippen LogP contribution in [0.15, 0.2) is 89.4 Å². The second kappa shape index (κ2) is 5.84. The first-order chi connectivity index (χ1) is 14.1. The highest BCUT2D eigenvalue weighted by Crippen LogP contribution is 2.51. The summed E-state index contributed by atoms with van der Waals surface area (Å²) in [7, 11) is 0. The lowest BCUT2D eigenvalue weighted by atomic mass is 9.82. The molecule has 6 rings (SSSR count). The first kappa shape index (κ1) is 17.1. The molecular weight excluding hydrogens is 418 g/mol. The number of benzene rings is 4. The third kappa shape index (κ3) is 2.27. The van der Waals surface area contributed by atoms with Crippen molar-refractivity contribution in [3.63, 3.8) is 0 Å². The highest BCUT2D eigenvalue weighted by Gasteiger charge is 2.36. The van der Waals surface area contributed by atoms with Crippen molar-refractivity contribution >= 4 is 37.7 Å². The van der Waals surface area contributed by atoms with E-state index in [0.717, 1.165) is 4.47 Å².